The molecule has 0 saturated heterocycles. The molecule has 0 radical (unpaired) electrons. The number of aromatic nitrogens is 5. The number of hydrogen-bond acceptors (Lipinski definition) is 7. The molecule has 3 heterocycles. The second-order valence-electron chi connectivity index (χ2n) is 10.9. The van der Waals surface area contributed by atoms with Crippen LogP contribution >= 0.6 is 0 Å². The van der Waals surface area contributed by atoms with Crippen LogP contribution in [-0.2, 0) is 6.42 Å². The Hall–Kier alpha value is -3.01. The van der Waals surface area contributed by atoms with Crippen LogP contribution in [0.1, 0.15) is 43.1 Å². The number of hydrogen-bond donors (Lipinski definition) is 4. The lowest BCUT2D eigenvalue weighted by Crippen LogP contribution is -2.46. The van der Waals surface area contributed by atoms with Gasteiger partial charge in [0.2, 0.25) is 0 Å². The standard InChI is InChI=1S/C27H35N7O2/c1-15-3-5-20-21(9-15)32-23(31-20)6-4-16-10-18(11-16)33(2)13-17-12-22(25(36)24(17)35)34-8-7-19-26(28)29-14-30-27(19)34/h3,5,7-9,14,16-18,22,24-25,35-36H,4,6,10-13H2,1-2H3,(H,31,32)(H2,28,29,30)/t16-,17-,18-,22-,24-,25+/m1/s1. The number of nitrogens with one attached hydrogen (secondary N) is 1. The van der Waals surface area contributed by atoms with E-state index in [0.717, 1.165) is 41.6 Å². The van der Waals surface area contributed by atoms with E-state index in [1.807, 2.05) is 16.8 Å². The SMILES string of the molecule is Cc1ccc2[nH]c(CC[C@H]3C[C@H](N(C)C[C@H]4C[C@@H](n5ccc6c(N)ncnc65)[C@H](O)[C@@H]4O)C3)nc2c1. The maximum atomic E-state index is 10.9. The third-order valence-corrected chi connectivity index (χ3v) is 8.50. The molecule has 2 aliphatic rings. The summed E-state index contributed by atoms with van der Waals surface area (Å²) < 4.78 is 1.94. The average Bonchev–Trinajstić information content (AvgIpc) is 3.50. The van der Waals surface area contributed by atoms with Crippen LogP contribution in [0, 0.1) is 18.8 Å². The second kappa shape index (κ2) is 9.14. The fourth-order valence-electron chi connectivity index (χ4n) is 6.26. The molecule has 3 aromatic heterocycles. The Kier molecular flexibility index (Phi) is 5.94. The van der Waals surface area contributed by atoms with Crippen molar-refractivity contribution in [2.24, 2.45) is 11.8 Å². The van der Waals surface area contributed by atoms with Gasteiger partial charge in [0.1, 0.15) is 29.7 Å². The van der Waals surface area contributed by atoms with E-state index in [2.05, 4.69) is 52.0 Å². The molecule has 5 N–H and O–H groups in total. The zero-order valence-electron chi connectivity index (χ0n) is 20.9. The molecule has 2 saturated carbocycles. The van der Waals surface area contributed by atoms with Crippen LogP contribution in [0.3, 0.4) is 0 Å². The number of benzene rings is 1. The Labute approximate surface area is 210 Å². The van der Waals surface area contributed by atoms with Gasteiger partial charge in [-0.25, -0.2) is 15.0 Å². The summed E-state index contributed by atoms with van der Waals surface area (Å²) in [6.45, 7) is 2.86. The van der Waals surface area contributed by atoms with Gasteiger partial charge in [-0.2, -0.15) is 0 Å². The zero-order chi connectivity index (χ0) is 25.0. The van der Waals surface area contributed by atoms with Gasteiger partial charge < -0.3 is 30.4 Å². The third-order valence-electron chi connectivity index (χ3n) is 8.50. The largest absolute Gasteiger partial charge is 0.390 e. The van der Waals surface area contributed by atoms with Gasteiger partial charge in [0, 0.05) is 31.1 Å². The minimum Gasteiger partial charge on any atom is -0.390 e. The number of imidazole rings is 1. The number of nitrogens with two attached hydrogens (primary N) is 1. The normalized spacial score (nSPS) is 28.4. The van der Waals surface area contributed by atoms with E-state index < -0.39 is 12.2 Å². The predicted octanol–water partition coefficient (Wildman–Crippen LogP) is 2.82. The van der Waals surface area contributed by atoms with Crippen molar-refractivity contribution in [1.82, 2.24) is 29.4 Å². The number of aliphatic hydroxyl groups is 2. The summed E-state index contributed by atoms with van der Waals surface area (Å²) in [5.74, 6) is 2.21. The molecule has 2 fully saturated rings. The fourth-order valence-corrected chi connectivity index (χ4v) is 6.26. The Balaban J connectivity index is 1.02. The summed E-state index contributed by atoms with van der Waals surface area (Å²) in [6, 6.07) is 8.53. The summed E-state index contributed by atoms with van der Waals surface area (Å²) in [7, 11) is 2.15. The van der Waals surface area contributed by atoms with Crippen molar-refractivity contribution in [2.75, 3.05) is 19.3 Å². The van der Waals surface area contributed by atoms with Crippen LogP contribution in [0.4, 0.5) is 5.82 Å². The van der Waals surface area contributed by atoms with Gasteiger partial charge in [-0.05, 0) is 69.3 Å². The summed E-state index contributed by atoms with van der Waals surface area (Å²) in [6.07, 6.45) is 6.89. The number of nitrogen functional groups attached to an aromatic ring is 1. The van der Waals surface area contributed by atoms with Crippen LogP contribution in [0.15, 0.2) is 36.8 Å². The number of aryl methyl sites for hydroxylation is 2. The summed E-state index contributed by atoms with van der Waals surface area (Å²) >= 11 is 0. The lowest BCUT2D eigenvalue weighted by molar-refractivity contribution is -0.00658. The van der Waals surface area contributed by atoms with Crippen LogP contribution in [-0.4, -0.2) is 71.5 Å². The van der Waals surface area contributed by atoms with Crippen molar-refractivity contribution in [3.8, 4) is 0 Å². The number of H-pyrrole nitrogens is 1. The molecule has 0 unspecified atom stereocenters. The van der Waals surface area contributed by atoms with E-state index >= 15 is 0 Å². The molecule has 9 nitrogen and oxygen atoms in total. The molecule has 36 heavy (non-hydrogen) atoms. The molecule has 0 amide bonds. The number of rotatable bonds is 7. The average molecular weight is 490 g/mol. The Morgan fingerprint density at radius 2 is 1.97 bits per heavy atom. The van der Waals surface area contributed by atoms with Gasteiger partial charge in [0.15, 0.2) is 0 Å². The van der Waals surface area contributed by atoms with Crippen molar-refractivity contribution in [2.45, 2.75) is 63.3 Å². The van der Waals surface area contributed by atoms with Gasteiger partial charge in [-0.3, -0.25) is 0 Å². The monoisotopic (exact) mass is 489 g/mol. The van der Waals surface area contributed by atoms with E-state index in [1.54, 1.807) is 0 Å². The molecule has 0 bridgehead atoms. The maximum absolute atomic E-state index is 10.9. The predicted molar refractivity (Wildman–Crippen MR) is 139 cm³/mol. The Morgan fingerprint density at radius 3 is 2.81 bits per heavy atom. The topological polar surface area (TPSA) is 129 Å². The van der Waals surface area contributed by atoms with Crippen molar-refractivity contribution >= 4 is 27.9 Å². The maximum Gasteiger partial charge on any atom is 0.145 e. The molecule has 2 aliphatic carbocycles. The van der Waals surface area contributed by atoms with Gasteiger partial charge in [-0.15, -0.1) is 0 Å². The van der Waals surface area contributed by atoms with E-state index in [4.69, 9.17) is 10.7 Å². The molecule has 4 atom stereocenters. The molecule has 1 aromatic carbocycles. The Bertz CT molecular complexity index is 1380. The van der Waals surface area contributed by atoms with E-state index in [-0.39, 0.29) is 12.0 Å². The van der Waals surface area contributed by atoms with Gasteiger partial charge in [0.05, 0.1) is 28.6 Å². The Morgan fingerprint density at radius 1 is 1.14 bits per heavy atom. The minimum absolute atomic E-state index is 0.00434. The molecular formula is C27H35N7O2. The minimum atomic E-state index is -0.836. The molecule has 0 aliphatic heterocycles. The van der Waals surface area contributed by atoms with Gasteiger partial charge >= 0.3 is 0 Å². The van der Waals surface area contributed by atoms with Crippen LogP contribution in [0.25, 0.3) is 22.1 Å². The highest BCUT2D eigenvalue weighted by atomic mass is 16.3. The first-order valence-electron chi connectivity index (χ1n) is 13.0. The van der Waals surface area contributed by atoms with Crippen molar-refractivity contribution in [1.29, 1.82) is 0 Å². The van der Waals surface area contributed by atoms with Crippen LogP contribution in [0.2, 0.25) is 0 Å². The van der Waals surface area contributed by atoms with E-state index in [0.29, 0.717) is 29.8 Å². The van der Waals surface area contributed by atoms with E-state index in [1.165, 1.54) is 24.7 Å². The number of nitrogens with zero attached hydrogens (tertiary/aromatic N) is 5. The van der Waals surface area contributed by atoms with Crippen LogP contribution < -0.4 is 5.73 Å². The summed E-state index contributed by atoms with van der Waals surface area (Å²) in [5.41, 5.74) is 10.1. The molecule has 190 valence electrons. The molecular weight excluding hydrogens is 454 g/mol. The zero-order valence-corrected chi connectivity index (χ0v) is 20.9. The van der Waals surface area contributed by atoms with Crippen LogP contribution in [0.5, 0.6) is 0 Å². The highest BCUT2D eigenvalue weighted by molar-refractivity contribution is 5.86. The van der Waals surface area contributed by atoms with Crippen molar-refractivity contribution < 1.29 is 10.2 Å². The molecule has 6 rings (SSSR count). The number of fused-ring (bicyclic) bond motifs is 2. The lowest BCUT2D eigenvalue weighted by Gasteiger charge is -2.42. The fraction of sp³-hybridized carbons (Fsp3) is 0.519. The quantitative estimate of drug-likeness (QED) is 0.314. The molecule has 0 spiro atoms. The number of aromatic amines is 1. The lowest BCUT2D eigenvalue weighted by atomic mass is 9.76. The van der Waals surface area contributed by atoms with Gasteiger partial charge in [0.25, 0.3) is 0 Å². The third kappa shape index (κ3) is 4.15. The highest BCUT2D eigenvalue weighted by Gasteiger charge is 2.44. The molecule has 4 aromatic rings. The van der Waals surface area contributed by atoms with Gasteiger partial charge in [-0.1, -0.05) is 6.07 Å². The number of aliphatic hydroxyl groups excluding tert-OH is 2. The van der Waals surface area contributed by atoms with Crippen molar-refractivity contribution in [3.05, 3.63) is 48.2 Å². The first-order chi connectivity index (χ1) is 17.4. The first-order valence-corrected chi connectivity index (χ1v) is 13.0. The molecule has 9 heteroatoms. The number of anilines is 1. The second-order valence-corrected chi connectivity index (χ2v) is 10.9. The first kappa shape index (κ1) is 23.4. The van der Waals surface area contributed by atoms with Crippen molar-refractivity contribution in [3.63, 3.8) is 0 Å². The summed E-state index contributed by atoms with van der Waals surface area (Å²) in [5, 5.41) is 22.5. The summed E-state index contributed by atoms with van der Waals surface area (Å²) in [4.78, 5) is 19.0. The van der Waals surface area contributed by atoms with E-state index in [9.17, 15) is 10.2 Å². The smallest absolute Gasteiger partial charge is 0.145 e. The highest BCUT2D eigenvalue weighted by Crippen LogP contribution is 2.40.